The lowest BCUT2D eigenvalue weighted by atomic mass is 10.2. The minimum atomic E-state index is -0.116. The van der Waals surface area contributed by atoms with Crippen molar-refractivity contribution in [3.8, 4) is 5.69 Å². The summed E-state index contributed by atoms with van der Waals surface area (Å²) in [6.45, 7) is 2.21. The molecular formula is C23H23N5O2S. The Bertz CT molecular complexity index is 1150. The third kappa shape index (κ3) is 4.07. The van der Waals surface area contributed by atoms with Gasteiger partial charge in [0.2, 0.25) is 11.8 Å². The minimum Gasteiger partial charge on any atom is -0.326 e. The van der Waals surface area contributed by atoms with E-state index in [0.29, 0.717) is 16.8 Å². The van der Waals surface area contributed by atoms with Crippen molar-refractivity contribution in [2.75, 3.05) is 22.5 Å². The van der Waals surface area contributed by atoms with Gasteiger partial charge in [-0.1, -0.05) is 36.0 Å². The van der Waals surface area contributed by atoms with E-state index in [1.165, 1.54) is 24.2 Å². The van der Waals surface area contributed by atoms with Crippen LogP contribution in [0.2, 0.25) is 0 Å². The molecule has 5 rings (SSSR count). The van der Waals surface area contributed by atoms with Crippen LogP contribution < -0.4 is 10.2 Å². The number of hydrogen-bond acceptors (Lipinski definition) is 5. The first-order chi connectivity index (χ1) is 15.1. The summed E-state index contributed by atoms with van der Waals surface area (Å²) in [4.78, 5) is 26.3. The Morgan fingerprint density at radius 2 is 1.97 bits per heavy atom. The number of rotatable bonds is 6. The molecule has 7 nitrogen and oxygen atoms in total. The Hall–Kier alpha value is -3.13. The maximum absolute atomic E-state index is 13.0. The Morgan fingerprint density at radius 1 is 1.13 bits per heavy atom. The molecular weight excluding hydrogens is 410 g/mol. The molecule has 2 heterocycles. The molecule has 0 atom stereocenters. The van der Waals surface area contributed by atoms with Crippen LogP contribution >= 0.6 is 11.8 Å². The van der Waals surface area contributed by atoms with Gasteiger partial charge in [0.25, 0.3) is 0 Å². The molecule has 1 fully saturated rings. The molecule has 2 aliphatic rings. The fourth-order valence-corrected chi connectivity index (χ4v) is 4.79. The van der Waals surface area contributed by atoms with E-state index in [1.54, 1.807) is 0 Å². The van der Waals surface area contributed by atoms with E-state index in [4.69, 9.17) is 0 Å². The highest BCUT2D eigenvalue weighted by molar-refractivity contribution is 7.99. The second-order valence-electron chi connectivity index (χ2n) is 7.89. The van der Waals surface area contributed by atoms with Gasteiger partial charge in [0.1, 0.15) is 5.82 Å². The first-order valence-electron chi connectivity index (χ1n) is 10.4. The van der Waals surface area contributed by atoms with Gasteiger partial charge in [0.05, 0.1) is 11.4 Å². The van der Waals surface area contributed by atoms with E-state index in [2.05, 4.69) is 21.6 Å². The van der Waals surface area contributed by atoms with Crippen LogP contribution in [0.1, 0.15) is 37.1 Å². The van der Waals surface area contributed by atoms with Crippen LogP contribution in [0, 0.1) is 0 Å². The number of thioether (sulfide) groups is 1. The smallest absolute Gasteiger partial charge is 0.237 e. The third-order valence-corrected chi connectivity index (χ3v) is 6.45. The number of amides is 2. The fourth-order valence-electron chi connectivity index (χ4n) is 3.95. The average Bonchev–Trinajstić information content (AvgIpc) is 3.37. The molecule has 0 saturated heterocycles. The van der Waals surface area contributed by atoms with E-state index in [1.807, 2.05) is 51.9 Å². The summed E-state index contributed by atoms with van der Waals surface area (Å²) in [6, 6.07) is 15.7. The molecule has 2 amide bonds. The Labute approximate surface area is 184 Å². The summed E-state index contributed by atoms with van der Waals surface area (Å²) in [7, 11) is 0. The standard InChI is InChI=1S/C23H23N5O2S/c1-15(29)24-18-6-4-7-19(13-18)28-22(17-9-10-17)25-26-23(28)31-14-21(30)27-12-11-16-5-2-3-8-20(16)27/h2-8,13,17H,9-12,14H2,1H3,(H,24,29). The van der Waals surface area contributed by atoms with Crippen LogP contribution in [0.5, 0.6) is 0 Å². The van der Waals surface area contributed by atoms with Gasteiger partial charge in [0, 0.05) is 30.8 Å². The zero-order valence-corrected chi connectivity index (χ0v) is 18.1. The van der Waals surface area contributed by atoms with Gasteiger partial charge < -0.3 is 10.2 Å². The molecule has 8 heteroatoms. The second-order valence-corrected chi connectivity index (χ2v) is 8.84. The van der Waals surface area contributed by atoms with E-state index >= 15 is 0 Å². The normalized spacial score (nSPS) is 15.1. The Morgan fingerprint density at radius 3 is 2.77 bits per heavy atom. The predicted octanol–water partition coefficient (Wildman–Crippen LogP) is 3.78. The van der Waals surface area contributed by atoms with E-state index in [0.717, 1.165) is 48.7 Å². The second kappa shape index (κ2) is 8.19. The van der Waals surface area contributed by atoms with Crippen molar-refractivity contribution in [3.63, 3.8) is 0 Å². The first kappa shape index (κ1) is 19.8. The molecule has 3 aromatic rings. The summed E-state index contributed by atoms with van der Waals surface area (Å²) in [6.07, 6.45) is 3.08. The number of nitrogens with zero attached hydrogens (tertiary/aromatic N) is 4. The number of anilines is 2. The van der Waals surface area contributed by atoms with Crippen molar-refractivity contribution in [1.29, 1.82) is 0 Å². The SMILES string of the molecule is CC(=O)Nc1cccc(-n2c(SCC(=O)N3CCc4ccccc43)nnc2C2CC2)c1. The lowest BCUT2D eigenvalue weighted by Gasteiger charge is -2.17. The van der Waals surface area contributed by atoms with Crippen molar-refractivity contribution in [2.24, 2.45) is 0 Å². The zero-order chi connectivity index (χ0) is 21.4. The summed E-state index contributed by atoms with van der Waals surface area (Å²) in [5.74, 6) is 1.57. The summed E-state index contributed by atoms with van der Waals surface area (Å²) < 4.78 is 2.03. The van der Waals surface area contributed by atoms with Crippen molar-refractivity contribution < 1.29 is 9.59 Å². The van der Waals surface area contributed by atoms with Gasteiger partial charge in [0.15, 0.2) is 5.16 Å². The number of carbonyl (C=O) groups is 2. The molecule has 1 aliphatic carbocycles. The minimum absolute atomic E-state index is 0.0736. The molecule has 0 bridgehead atoms. The monoisotopic (exact) mass is 433 g/mol. The third-order valence-electron chi connectivity index (χ3n) is 5.54. The van der Waals surface area contributed by atoms with E-state index in [9.17, 15) is 9.59 Å². The number of fused-ring (bicyclic) bond motifs is 1. The summed E-state index contributed by atoms with van der Waals surface area (Å²) in [5.41, 5.74) is 3.84. The van der Waals surface area contributed by atoms with Gasteiger partial charge in [-0.25, -0.2) is 0 Å². The van der Waals surface area contributed by atoms with Gasteiger partial charge in [-0.15, -0.1) is 10.2 Å². The van der Waals surface area contributed by atoms with Crippen molar-refractivity contribution in [2.45, 2.75) is 37.3 Å². The highest BCUT2D eigenvalue weighted by atomic mass is 32.2. The quantitative estimate of drug-likeness (QED) is 0.599. The fraction of sp³-hybridized carbons (Fsp3) is 0.304. The van der Waals surface area contributed by atoms with Gasteiger partial charge >= 0.3 is 0 Å². The maximum Gasteiger partial charge on any atom is 0.237 e. The lowest BCUT2D eigenvalue weighted by molar-refractivity contribution is -0.116. The van der Waals surface area contributed by atoms with Gasteiger partial charge in [-0.05, 0) is 49.1 Å². The van der Waals surface area contributed by atoms with Crippen LogP contribution in [-0.4, -0.2) is 38.9 Å². The number of hydrogen-bond donors (Lipinski definition) is 1. The average molecular weight is 434 g/mol. The van der Waals surface area contributed by atoms with Gasteiger partial charge in [-0.2, -0.15) is 0 Å². The molecule has 0 radical (unpaired) electrons. The largest absolute Gasteiger partial charge is 0.326 e. The molecule has 31 heavy (non-hydrogen) atoms. The van der Waals surface area contributed by atoms with E-state index < -0.39 is 0 Å². The lowest BCUT2D eigenvalue weighted by Crippen LogP contribution is -2.30. The Balaban J connectivity index is 1.38. The van der Waals surface area contributed by atoms with Crippen LogP contribution in [-0.2, 0) is 16.0 Å². The highest BCUT2D eigenvalue weighted by Gasteiger charge is 2.32. The molecule has 1 aliphatic heterocycles. The number of carbonyl (C=O) groups excluding carboxylic acids is 2. The molecule has 2 aromatic carbocycles. The van der Waals surface area contributed by atoms with Gasteiger partial charge in [-0.3, -0.25) is 14.2 Å². The highest BCUT2D eigenvalue weighted by Crippen LogP contribution is 2.41. The molecule has 1 saturated carbocycles. The van der Waals surface area contributed by atoms with Crippen molar-refractivity contribution in [1.82, 2.24) is 14.8 Å². The number of para-hydroxylation sites is 1. The van der Waals surface area contributed by atoms with Crippen molar-refractivity contribution in [3.05, 3.63) is 59.9 Å². The zero-order valence-electron chi connectivity index (χ0n) is 17.2. The predicted molar refractivity (Wildman–Crippen MR) is 121 cm³/mol. The topological polar surface area (TPSA) is 80.1 Å². The Kier molecular flexibility index (Phi) is 5.23. The number of nitrogens with one attached hydrogen (secondary N) is 1. The first-order valence-corrected chi connectivity index (χ1v) is 11.4. The van der Waals surface area contributed by atoms with Crippen LogP contribution in [0.15, 0.2) is 53.7 Å². The summed E-state index contributed by atoms with van der Waals surface area (Å²) >= 11 is 1.41. The van der Waals surface area contributed by atoms with Crippen molar-refractivity contribution >= 4 is 35.0 Å². The number of aromatic nitrogens is 3. The molecule has 0 spiro atoms. The van der Waals surface area contributed by atoms with Crippen LogP contribution in [0.25, 0.3) is 5.69 Å². The molecule has 0 unspecified atom stereocenters. The molecule has 158 valence electrons. The van der Waals surface area contributed by atoms with Crippen LogP contribution in [0.4, 0.5) is 11.4 Å². The van der Waals surface area contributed by atoms with Crippen LogP contribution in [0.3, 0.4) is 0 Å². The molecule has 1 N–H and O–H groups in total. The maximum atomic E-state index is 13.0. The van der Waals surface area contributed by atoms with E-state index in [-0.39, 0.29) is 11.8 Å². The number of benzene rings is 2. The molecule has 1 aromatic heterocycles. The summed E-state index contributed by atoms with van der Waals surface area (Å²) in [5, 5.41) is 12.4.